The van der Waals surface area contributed by atoms with Gasteiger partial charge in [-0.25, -0.2) is 4.98 Å². The number of nitrogens with zero attached hydrogens (tertiary/aromatic N) is 2. The molecular formula is C26H31ClN2O3. The Kier molecular flexibility index (Phi) is 7.63. The van der Waals surface area contributed by atoms with Crippen molar-refractivity contribution < 1.29 is 14.6 Å². The van der Waals surface area contributed by atoms with Crippen LogP contribution in [-0.4, -0.2) is 49.3 Å². The van der Waals surface area contributed by atoms with Gasteiger partial charge in [0.25, 0.3) is 0 Å². The Morgan fingerprint density at radius 2 is 1.91 bits per heavy atom. The second-order valence-corrected chi connectivity index (χ2v) is 8.71. The molecule has 32 heavy (non-hydrogen) atoms. The summed E-state index contributed by atoms with van der Waals surface area (Å²) in [5.74, 6) is 0.970. The molecule has 1 aliphatic heterocycles. The average molecular weight is 455 g/mol. The summed E-state index contributed by atoms with van der Waals surface area (Å²) in [5.41, 5.74) is 5.24. The number of unbranched alkanes of at least 4 members (excludes halogenated alkanes) is 1. The second kappa shape index (κ2) is 10.6. The van der Waals surface area contributed by atoms with Gasteiger partial charge in [0.15, 0.2) is 6.29 Å². The van der Waals surface area contributed by atoms with Crippen LogP contribution >= 0.6 is 11.6 Å². The van der Waals surface area contributed by atoms with Gasteiger partial charge in [0, 0.05) is 36.5 Å². The normalized spacial score (nSPS) is 15.3. The van der Waals surface area contributed by atoms with Crippen LogP contribution < -0.4 is 4.90 Å². The van der Waals surface area contributed by atoms with Crippen LogP contribution in [0.2, 0.25) is 5.02 Å². The van der Waals surface area contributed by atoms with E-state index in [1.807, 2.05) is 24.3 Å². The molecule has 1 aromatic heterocycles. The number of hydrogen-bond acceptors (Lipinski definition) is 5. The number of halogens is 1. The molecule has 0 radical (unpaired) electrons. The number of aliphatic hydroxyl groups excluding tert-OH is 1. The van der Waals surface area contributed by atoms with E-state index in [1.165, 1.54) is 0 Å². The lowest BCUT2D eigenvalue weighted by Gasteiger charge is -2.28. The summed E-state index contributed by atoms with van der Waals surface area (Å²) < 4.78 is 11.1. The summed E-state index contributed by atoms with van der Waals surface area (Å²) in [6.45, 7) is 7.90. The SMILES string of the molecule is CCCCOC(O)Cc1c(C)cc2nc(N3CCOCC3)ccc2c1-c1ccc(Cl)cc1. The molecule has 0 amide bonds. The van der Waals surface area contributed by atoms with Gasteiger partial charge < -0.3 is 19.5 Å². The molecule has 1 fully saturated rings. The number of aryl methyl sites for hydroxylation is 1. The van der Waals surface area contributed by atoms with Crippen LogP contribution in [0.5, 0.6) is 0 Å². The van der Waals surface area contributed by atoms with Gasteiger partial charge in [-0.2, -0.15) is 0 Å². The lowest BCUT2D eigenvalue weighted by Crippen LogP contribution is -2.36. The van der Waals surface area contributed by atoms with E-state index >= 15 is 0 Å². The molecule has 0 spiro atoms. The summed E-state index contributed by atoms with van der Waals surface area (Å²) in [7, 11) is 0. The van der Waals surface area contributed by atoms with Crippen LogP contribution in [0.25, 0.3) is 22.0 Å². The number of aromatic nitrogens is 1. The van der Waals surface area contributed by atoms with Gasteiger partial charge in [0.1, 0.15) is 5.82 Å². The first-order chi connectivity index (χ1) is 15.6. The second-order valence-electron chi connectivity index (χ2n) is 8.27. The van der Waals surface area contributed by atoms with Crippen molar-refractivity contribution in [1.29, 1.82) is 0 Å². The fourth-order valence-corrected chi connectivity index (χ4v) is 4.34. The maximum atomic E-state index is 10.6. The van der Waals surface area contributed by atoms with Crippen molar-refractivity contribution in [2.24, 2.45) is 0 Å². The topological polar surface area (TPSA) is 54.8 Å². The van der Waals surface area contributed by atoms with Crippen molar-refractivity contribution in [3.63, 3.8) is 0 Å². The number of aliphatic hydroxyl groups is 1. The molecule has 3 aromatic rings. The first kappa shape index (κ1) is 23.0. The summed E-state index contributed by atoms with van der Waals surface area (Å²) in [4.78, 5) is 7.26. The minimum absolute atomic E-state index is 0.425. The monoisotopic (exact) mass is 454 g/mol. The third kappa shape index (κ3) is 5.24. The van der Waals surface area contributed by atoms with Gasteiger partial charge in [0.05, 0.1) is 18.7 Å². The van der Waals surface area contributed by atoms with Gasteiger partial charge in [-0.05, 0) is 65.9 Å². The highest BCUT2D eigenvalue weighted by Crippen LogP contribution is 2.36. The number of fused-ring (bicyclic) bond motifs is 1. The van der Waals surface area contributed by atoms with E-state index in [0.29, 0.717) is 18.1 Å². The van der Waals surface area contributed by atoms with E-state index in [2.05, 4.69) is 36.9 Å². The molecular weight excluding hydrogens is 424 g/mol. The zero-order valence-corrected chi connectivity index (χ0v) is 19.6. The Labute approximate surface area is 194 Å². The summed E-state index contributed by atoms with van der Waals surface area (Å²) in [5, 5.41) is 12.3. The quantitative estimate of drug-likeness (QED) is 0.366. The zero-order chi connectivity index (χ0) is 22.5. The molecule has 0 saturated carbocycles. The van der Waals surface area contributed by atoms with E-state index < -0.39 is 6.29 Å². The number of benzene rings is 2. The van der Waals surface area contributed by atoms with E-state index in [9.17, 15) is 5.11 Å². The van der Waals surface area contributed by atoms with Crippen molar-refractivity contribution in [1.82, 2.24) is 4.98 Å². The number of morpholine rings is 1. The van der Waals surface area contributed by atoms with E-state index in [-0.39, 0.29) is 0 Å². The Morgan fingerprint density at radius 3 is 2.62 bits per heavy atom. The van der Waals surface area contributed by atoms with Crippen LogP contribution in [0.3, 0.4) is 0 Å². The lowest BCUT2D eigenvalue weighted by molar-refractivity contribution is -0.0980. The molecule has 4 rings (SSSR count). The summed E-state index contributed by atoms with van der Waals surface area (Å²) in [6.07, 6.45) is 1.56. The standard InChI is InChI=1S/C26H31ClN2O3/c1-3-4-13-32-25(30)17-22-18(2)16-23-21(26(22)19-5-7-20(27)8-6-19)9-10-24(28-23)29-11-14-31-15-12-29/h5-10,16,25,30H,3-4,11-15,17H2,1-2H3. The van der Waals surface area contributed by atoms with Crippen LogP contribution in [0.1, 0.15) is 30.9 Å². The summed E-state index contributed by atoms with van der Waals surface area (Å²) >= 11 is 6.16. The van der Waals surface area contributed by atoms with Crippen LogP contribution in [-0.2, 0) is 15.9 Å². The summed E-state index contributed by atoms with van der Waals surface area (Å²) in [6, 6.07) is 14.2. The fourth-order valence-electron chi connectivity index (χ4n) is 4.21. The lowest BCUT2D eigenvalue weighted by atomic mass is 9.90. The minimum atomic E-state index is -0.843. The highest BCUT2D eigenvalue weighted by Gasteiger charge is 2.19. The van der Waals surface area contributed by atoms with Crippen LogP contribution in [0.4, 0.5) is 5.82 Å². The van der Waals surface area contributed by atoms with Crippen molar-refractivity contribution in [2.45, 2.75) is 39.4 Å². The molecule has 2 aromatic carbocycles. The Hall–Kier alpha value is -2.18. The van der Waals surface area contributed by atoms with Crippen molar-refractivity contribution in [3.05, 3.63) is 58.6 Å². The minimum Gasteiger partial charge on any atom is -0.378 e. The molecule has 2 heterocycles. The predicted molar refractivity (Wildman–Crippen MR) is 131 cm³/mol. The van der Waals surface area contributed by atoms with E-state index in [1.54, 1.807) is 0 Å². The third-order valence-electron chi connectivity index (χ3n) is 5.97. The first-order valence-electron chi connectivity index (χ1n) is 11.4. The Morgan fingerprint density at radius 1 is 1.16 bits per heavy atom. The van der Waals surface area contributed by atoms with Gasteiger partial charge in [0.2, 0.25) is 0 Å². The number of ether oxygens (including phenoxy) is 2. The molecule has 0 bridgehead atoms. The van der Waals surface area contributed by atoms with Crippen molar-refractivity contribution in [3.8, 4) is 11.1 Å². The van der Waals surface area contributed by atoms with Gasteiger partial charge in [-0.15, -0.1) is 0 Å². The largest absolute Gasteiger partial charge is 0.378 e. The molecule has 1 saturated heterocycles. The molecule has 1 atom stereocenters. The molecule has 1 aliphatic rings. The van der Waals surface area contributed by atoms with E-state index in [4.69, 9.17) is 26.1 Å². The van der Waals surface area contributed by atoms with Crippen molar-refractivity contribution >= 4 is 28.3 Å². The fraction of sp³-hybridized carbons (Fsp3) is 0.423. The maximum absolute atomic E-state index is 10.6. The number of hydrogen-bond donors (Lipinski definition) is 1. The van der Waals surface area contributed by atoms with Gasteiger partial charge >= 0.3 is 0 Å². The number of pyridine rings is 1. The molecule has 6 heteroatoms. The Bertz CT molecular complexity index is 1050. The van der Waals surface area contributed by atoms with Crippen LogP contribution in [0.15, 0.2) is 42.5 Å². The van der Waals surface area contributed by atoms with Crippen LogP contribution in [0, 0.1) is 6.92 Å². The molecule has 5 nitrogen and oxygen atoms in total. The molecule has 170 valence electrons. The average Bonchev–Trinajstić information content (AvgIpc) is 2.81. The zero-order valence-electron chi connectivity index (χ0n) is 18.8. The molecule has 0 aliphatic carbocycles. The number of rotatable bonds is 8. The third-order valence-corrected chi connectivity index (χ3v) is 6.22. The highest BCUT2D eigenvalue weighted by atomic mass is 35.5. The van der Waals surface area contributed by atoms with Crippen molar-refractivity contribution in [2.75, 3.05) is 37.8 Å². The highest BCUT2D eigenvalue weighted by molar-refractivity contribution is 6.30. The van der Waals surface area contributed by atoms with Gasteiger partial charge in [-0.3, -0.25) is 0 Å². The van der Waals surface area contributed by atoms with Gasteiger partial charge in [-0.1, -0.05) is 37.1 Å². The first-order valence-corrected chi connectivity index (χ1v) is 11.8. The number of anilines is 1. The molecule has 1 unspecified atom stereocenters. The smallest absolute Gasteiger partial charge is 0.158 e. The Balaban J connectivity index is 1.77. The van der Waals surface area contributed by atoms with E-state index in [0.717, 1.165) is 78.1 Å². The molecule has 1 N–H and O–H groups in total. The predicted octanol–water partition coefficient (Wildman–Crippen LogP) is 5.38. The maximum Gasteiger partial charge on any atom is 0.158 e.